The minimum absolute atomic E-state index is 0.0324. The van der Waals surface area contributed by atoms with Crippen LogP contribution in [0.2, 0.25) is 0 Å². The van der Waals surface area contributed by atoms with Gasteiger partial charge in [-0.1, -0.05) is 18.2 Å². The molecule has 1 unspecified atom stereocenters. The molecular weight excluding hydrogens is 226 g/mol. The van der Waals surface area contributed by atoms with Crippen molar-refractivity contribution in [3.63, 3.8) is 0 Å². The Morgan fingerprint density at radius 1 is 1.22 bits per heavy atom. The molecule has 0 aliphatic rings. The molecule has 0 saturated heterocycles. The number of benzene rings is 1. The van der Waals surface area contributed by atoms with Crippen LogP contribution in [0, 0.1) is 0 Å². The predicted molar refractivity (Wildman–Crippen MR) is 73.5 cm³/mol. The molecule has 1 aromatic carbocycles. The number of para-hydroxylation sites is 1. The number of pyridine rings is 1. The molecule has 2 rings (SSSR count). The summed E-state index contributed by atoms with van der Waals surface area (Å²) in [6.45, 7) is 1.83. The number of nitrogens with one attached hydrogen (secondary N) is 1. The molecule has 4 heteroatoms. The molecule has 2 aromatic rings. The Morgan fingerprint density at radius 2 is 1.94 bits per heavy atom. The van der Waals surface area contributed by atoms with Crippen molar-refractivity contribution in [2.24, 2.45) is 0 Å². The lowest BCUT2D eigenvalue weighted by Gasteiger charge is -2.18. The molecule has 0 aliphatic carbocycles. The van der Waals surface area contributed by atoms with Gasteiger partial charge in [-0.05, 0) is 25.1 Å². The van der Waals surface area contributed by atoms with Gasteiger partial charge in [0.1, 0.15) is 11.9 Å². The van der Waals surface area contributed by atoms with E-state index in [9.17, 15) is 4.79 Å². The average Bonchev–Trinajstić information content (AvgIpc) is 2.37. The molecule has 0 saturated carbocycles. The minimum atomic E-state index is -0.284. The highest BCUT2D eigenvalue weighted by atomic mass is 16.2. The number of nitrogens with zero attached hydrogens (tertiary/aromatic N) is 2. The highest BCUT2D eigenvalue weighted by Gasteiger charge is 2.14. The second kappa shape index (κ2) is 5.04. The number of carbonyl (C=O) groups excluding carboxylic acids is 1. The molecule has 1 N–H and O–H groups in total. The van der Waals surface area contributed by atoms with Crippen LogP contribution in [-0.4, -0.2) is 35.9 Å². The maximum Gasteiger partial charge on any atom is 0.244 e. The normalized spacial score (nSPS) is 12.2. The van der Waals surface area contributed by atoms with E-state index in [1.165, 1.54) is 0 Å². The van der Waals surface area contributed by atoms with Gasteiger partial charge < -0.3 is 10.2 Å². The van der Waals surface area contributed by atoms with Gasteiger partial charge in [-0.25, -0.2) is 4.98 Å². The van der Waals surface area contributed by atoms with Gasteiger partial charge in [-0.2, -0.15) is 0 Å². The largest absolute Gasteiger partial charge is 0.359 e. The first kappa shape index (κ1) is 12.4. The van der Waals surface area contributed by atoms with Gasteiger partial charge in [0.15, 0.2) is 0 Å². The van der Waals surface area contributed by atoms with E-state index in [1.54, 1.807) is 19.0 Å². The molecule has 1 heterocycles. The molecule has 1 atom stereocenters. The lowest BCUT2D eigenvalue weighted by Crippen LogP contribution is -2.36. The van der Waals surface area contributed by atoms with Gasteiger partial charge in [-0.3, -0.25) is 4.79 Å². The number of amides is 1. The topological polar surface area (TPSA) is 45.2 Å². The Kier molecular flexibility index (Phi) is 3.46. The SMILES string of the molecule is CC(Nc1ccc2ccccc2n1)C(=O)N(C)C. The van der Waals surface area contributed by atoms with E-state index in [0.717, 1.165) is 16.7 Å². The monoisotopic (exact) mass is 243 g/mol. The lowest BCUT2D eigenvalue weighted by atomic mass is 10.2. The lowest BCUT2D eigenvalue weighted by molar-refractivity contribution is -0.129. The molecule has 0 spiro atoms. The van der Waals surface area contributed by atoms with Crippen LogP contribution in [0.3, 0.4) is 0 Å². The highest BCUT2D eigenvalue weighted by Crippen LogP contribution is 2.15. The summed E-state index contributed by atoms with van der Waals surface area (Å²) in [4.78, 5) is 17.8. The summed E-state index contributed by atoms with van der Waals surface area (Å²) >= 11 is 0. The summed E-state index contributed by atoms with van der Waals surface area (Å²) in [5.41, 5.74) is 0.923. The van der Waals surface area contributed by atoms with Gasteiger partial charge in [0.25, 0.3) is 0 Å². The third-order valence-corrected chi connectivity index (χ3v) is 2.77. The maximum absolute atomic E-state index is 11.7. The van der Waals surface area contributed by atoms with Crippen molar-refractivity contribution in [2.45, 2.75) is 13.0 Å². The summed E-state index contributed by atoms with van der Waals surface area (Å²) in [7, 11) is 3.49. The molecule has 0 fully saturated rings. The molecule has 1 amide bonds. The molecule has 1 aromatic heterocycles. The van der Waals surface area contributed by atoms with E-state index in [0.29, 0.717) is 0 Å². The highest BCUT2D eigenvalue weighted by molar-refractivity contribution is 5.84. The molecule has 94 valence electrons. The molecule has 0 radical (unpaired) electrons. The standard InChI is InChI=1S/C14H17N3O/c1-10(14(18)17(2)3)15-13-9-8-11-6-4-5-7-12(11)16-13/h4-10H,1-3H3,(H,15,16). The number of likely N-dealkylation sites (N-methyl/N-ethyl adjacent to an activating group) is 1. The van der Waals surface area contributed by atoms with E-state index < -0.39 is 0 Å². The summed E-state index contributed by atoms with van der Waals surface area (Å²) in [6, 6.07) is 11.5. The van der Waals surface area contributed by atoms with Crippen LogP contribution >= 0.6 is 0 Å². The van der Waals surface area contributed by atoms with Crippen LogP contribution in [0.25, 0.3) is 10.9 Å². The smallest absolute Gasteiger partial charge is 0.244 e. The predicted octanol–water partition coefficient (Wildman–Crippen LogP) is 2.12. The maximum atomic E-state index is 11.7. The van der Waals surface area contributed by atoms with Crippen molar-refractivity contribution >= 4 is 22.6 Å². The summed E-state index contributed by atoms with van der Waals surface area (Å²) in [5, 5.41) is 4.21. The van der Waals surface area contributed by atoms with E-state index >= 15 is 0 Å². The van der Waals surface area contributed by atoms with Crippen LogP contribution in [0.1, 0.15) is 6.92 Å². The quantitative estimate of drug-likeness (QED) is 0.898. The fourth-order valence-electron chi connectivity index (χ4n) is 1.82. The Hall–Kier alpha value is -2.10. The zero-order chi connectivity index (χ0) is 13.1. The number of hydrogen-bond donors (Lipinski definition) is 1. The van der Waals surface area contributed by atoms with Crippen LogP contribution in [0.5, 0.6) is 0 Å². The number of carbonyl (C=O) groups is 1. The summed E-state index contributed by atoms with van der Waals surface area (Å²) < 4.78 is 0. The fourth-order valence-corrected chi connectivity index (χ4v) is 1.82. The second-order valence-corrected chi connectivity index (χ2v) is 4.49. The number of anilines is 1. The van der Waals surface area contributed by atoms with Crippen LogP contribution in [0.15, 0.2) is 36.4 Å². The Morgan fingerprint density at radius 3 is 2.67 bits per heavy atom. The van der Waals surface area contributed by atoms with Crippen molar-refractivity contribution in [2.75, 3.05) is 19.4 Å². The van der Waals surface area contributed by atoms with Crippen molar-refractivity contribution in [1.29, 1.82) is 0 Å². The number of hydrogen-bond acceptors (Lipinski definition) is 3. The number of aromatic nitrogens is 1. The molecule has 0 bridgehead atoms. The second-order valence-electron chi connectivity index (χ2n) is 4.49. The van der Waals surface area contributed by atoms with Crippen molar-refractivity contribution in [3.8, 4) is 0 Å². The molecular formula is C14H17N3O. The number of rotatable bonds is 3. The molecule has 4 nitrogen and oxygen atoms in total. The third kappa shape index (κ3) is 2.59. The van der Waals surface area contributed by atoms with Crippen LogP contribution in [-0.2, 0) is 4.79 Å². The van der Waals surface area contributed by atoms with E-state index in [-0.39, 0.29) is 11.9 Å². The van der Waals surface area contributed by atoms with E-state index in [2.05, 4.69) is 10.3 Å². The van der Waals surface area contributed by atoms with Crippen molar-refractivity contribution in [3.05, 3.63) is 36.4 Å². The van der Waals surface area contributed by atoms with Gasteiger partial charge in [0.2, 0.25) is 5.91 Å². The zero-order valence-electron chi connectivity index (χ0n) is 10.8. The summed E-state index contributed by atoms with van der Waals surface area (Å²) in [5.74, 6) is 0.751. The Labute approximate surface area is 107 Å². The third-order valence-electron chi connectivity index (χ3n) is 2.77. The van der Waals surface area contributed by atoms with E-state index in [4.69, 9.17) is 0 Å². The molecule has 0 aliphatic heterocycles. The van der Waals surface area contributed by atoms with Crippen LogP contribution in [0.4, 0.5) is 5.82 Å². The van der Waals surface area contributed by atoms with Gasteiger partial charge in [-0.15, -0.1) is 0 Å². The van der Waals surface area contributed by atoms with Gasteiger partial charge in [0.05, 0.1) is 5.52 Å². The van der Waals surface area contributed by atoms with Crippen molar-refractivity contribution in [1.82, 2.24) is 9.88 Å². The van der Waals surface area contributed by atoms with Gasteiger partial charge in [0, 0.05) is 19.5 Å². The fraction of sp³-hybridized carbons (Fsp3) is 0.286. The average molecular weight is 243 g/mol. The molecule has 18 heavy (non-hydrogen) atoms. The van der Waals surface area contributed by atoms with Gasteiger partial charge >= 0.3 is 0 Å². The number of fused-ring (bicyclic) bond motifs is 1. The first-order valence-corrected chi connectivity index (χ1v) is 5.91. The van der Waals surface area contributed by atoms with Crippen LogP contribution < -0.4 is 5.32 Å². The zero-order valence-corrected chi connectivity index (χ0v) is 10.8. The van der Waals surface area contributed by atoms with E-state index in [1.807, 2.05) is 43.3 Å². The first-order valence-electron chi connectivity index (χ1n) is 5.91. The Bertz CT molecular complexity index is 566. The minimum Gasteiger partial charge on any atom is -0.359 e. The van der Waals surface area contributed by atoms with Crippen molar-refractivity contribution < 1.29 is 4.79 Å². The Balaban J connectivity index is 2.19. The first-order chi connectivity index (χ1) is 8.58. The summed E-state index contributed by atoms with van der Waals surface area (Å²) in [6.07, 6.45) is 0.